The molecule has 0 radical (unpaired) electrons. The Bertz CT molecular complexity index is 703. The van der Waals surface area contributed by atoms with E-state index in [1.165, 1.54) is 12.8 Å². The number of hydrogen-bond acceptors (Lipinski definition) is 3. The molecule has 1 aromatic carbocycles. The van der Waals surface area contributed by atoms with Gasteiger partial charge in [-0.25, -0.2) is 0 Å². The lowest BCUT2D eigenvalue weighted by Gasteiger charge is -2.28. The summed E-state index contributed by atoms with van der Waals surface area (Å²) < 4.78 is 0. The fourth-order valence-corrected chi connectivity index (χ4v) is 3.75. The predicted octanol–water partition coefficient (Wildman–Crippen LogP) is 4.80. The smallest absolute Gasteiger partial charge is 0.220 e. The van der Waals surface area contributed by atoms with E-state index >= 15 is 0 Å². The molecule has 1 aliphatic rings. The van der Waals surface area contributed by atoms with Crippen LogP contribution in [-0.4, -0.2) is 24.0 Å². The lowest BCUT2D eigenvalue weighted by Crippen LogP contribution is -2.34. The summed E-state index contributed by atoms with van der Waals surface area (Å²) in [6.07, 6.45) is 6.62. The summed E-state index contributed by atoms with van der Waals surface area (Å²) in [5.41, 5.74) is 3.37. The Balaban J connectivity index is 0.00000196. The number of benzene rings is 1. The Morgan fingerprint density at radius 2 is 1.79 bits per heavy atom. The number of aromatic nitrogens is 1. The molecule has 3 rings (SSSR count). The normalized spacial score (nSPS) is 16.2. The molecular formula is C22H31Cl2N3O. The van der Waals surface area contributed by atoms with Crippen molar-refractivity contribution in [3.63, 3.8) is 0 Å². The van der Waals surface area contributed by atoms with Gasteiger partial charge in [-0.2, -0.15) is 0 Å². The zero-order chi connectivity index (χ0) is 18.4. The third-order valence-electron chi connectivity index (χ3n) is 5.48. The molecule has 2 heterocycles. The van der Waals surface area contributed by atoms with Crippen molar-refractivity contribution in [1.82, 2.24) is 15.6 Å². The van der Waals surface area contributed by atoms with E-state index in [1.807, 2.05) is 19.2 Å². The highest BCUT2D eigenvalue weighted by atomic mass is 35.5. The monoisotopic (exact) mass is 423 g/mol. The topological polar surface area (TPSA) is 54.0 Å². The van der Waals surface area contributed by atoms with Crippen LogP contribution in [0.15, 0.2) is 48.8 Å². The molecule has 0 spiro atoms. The molecule has 4 nitrogen and oxygen atoms in total. The van der Waals surface area contributed by atoms with Crippen molar-refractivity contribution in [1.29, 1.82) is 0 Å². The van der Waals surface area contributed by atoms with Crippen LogP contribution in [0.25, 0.3) is 11.1 Å². The van der Waals surface area contributed by atoms with Gasteiger partial charge in [-0.3, -0.25) is 9.78 Å². The highest BCUT2D eigenvalue weighted by Crippen LogP contribution is 2.25. The molecule has 2 atom stereocenters. The van der Waals surface area contributed by atoms with E-state index < -0.39 is 0 Å². The maximum absolute atomic E-state index is 12.4. The summed E-state index contributed by atoms with van der Waals surface area (Å²) in [5.74, 6) is 1.26. The van der Waals surface area contributed by atoms with Crippen LogP contribution in [0.1, 0.15) is 44.7 Å². The van der Waals surface area contributed by atoms with Crippen molar-refractivity contribution < 1.29 is 4.79 Å². The number of carbonyl (C=O) groups excluding carboxylic acids is 1. The van der Waals surface area contributed by atoms with E-state index in [0.29, 0.717) is 18.3 Å². The highest BCUT2D eigenvalue weighted by molar-refractivity contribution is 5.85. The van der Waals surface area contributed by atoms with Gasteiger partial charge in [0, 0.05) is 18.8 Å². The molecule has 0 saturated carbocycles. The fourth-order valence-electron chi connectivity index (χ4n) is 3.75. The van der Waals surface area contributed by atoms with E-state index in [-0.39, 0.29) is 36.8 Å². The molecule has 1 aliphatic heterocycles. The number of nitrogens with zero attached hydrogens (tertiary/aromatic N) is 1. The lowest BCUT2D eigenvalue weighted by atomic mass is 9.84. The average molecular weight is 424 g/mol. The standard InChI is InChI=1S/C22H29N3O.2ClH/c1-16(18-9-12-23-13-10-18)14-22(26)25-17(2)19-5-7-20(8-6-19)21-4-3-11-24-15-21;;/h3-8,11,15-18,23H,9-10,12-14H2,1-2H3,(H,25,26);2*1H. The summed E-state index contributed by atoms with van der Waals surface area (Å²) in [6.45, 7) is 6.42. The molecular weight excluding hydrogens is 393 g/mol. The zero-order valence-electron chi connectivity index (χ0n) is 16.6. The summed E-state index contributed by atoms with van der Waals surface area (Å²) in [5, 5.41) is 6.55. The van der Waals surface area contributed by atoms with Gasteiger partial charge in [-0.1, -0.05) is 37.3 Å². The first-order chi connectivity index (χ1) is 12.6. The summed E-state index contributed by atoms with van der Waals surface area (Å²) >= 11 is 0. The SMILES string of the molecule is CC(NC(=O)CC(C)C1CCNCC1)c1ccc(-c2cccnc2)cc1.Cl.Cl. The van der Waals surface area contributed by atoms with Crippen molar-refractivity contribution >= 4 is 30.7 Å². The number of rotatable bonds is 6. The second kappa shape index (κ2) is 12.1. The van der Waals surface area contributed by atoms with Gasteiger partial charge < -0.3 is 10.6 Å². The molecule has 1 aromatic heterocycles. The van der Waals surface area contributed by atoms with Gasteiger partial charge in [0.2, 0.25) is 5.91 Å². The van der Waals surface area contributed by atoms with Crippen molar-refractivity contribution in [2.75, 3.05) is 13.1 Å². The minimum Gasteiger partial charge on any atom is -0.350 e. The predicted molar refractivity (Wildman–Crippen MR) is 120 cm³/mol. The maximum atomic E-state index is 12.4. The Kier molecular flexibility index (Phi) is 10.5. The Morgan fingerprint density at radius 3 is 2.39 bits per heavy atom. The average Bonchev–Trinajstić information content (AvgIpc) is 2.69. The van der Waals surface area contributed by atoms with E-state index in [1.54, 1.807) is 6.20 Å². The third kappa shape index (κ3) is 6.77. The molecule has 2 aromatic rings. The van der Waals surface area contributed by atoms with Crippen LogP contribution in [0.2, 0.25) is 0 Å². The summed E-state index contributed by atoms with van der Waals surface area (Å²) in [4.78, 5) is 16.6. The molecule has 1 saturated heterocycles. The molecule has 154 valence electrons. The van der Waals surface area contributed by atoms with Crippen molar-refractivity contribution in [3.05, 3.63) is 54.4 Å². The second-order valence-corrected chi connectivity index (χ2v) is 7.42. The van der Waals surface area contributed by atoms with E-state index in [4.69, 9.17) is 0 Å². The molecule has 2 N–H and O–H groups in total. The van der Waals surface area contributed by atoms with E-state index in [9.17, 15) is 4.79 Å². The third-order valence-corrected chi connectivity index (χ3v) is 5.48. The molecule has 1 fully saturated rings. The zero-order valence-corrected chi connectivity index (χ0v) is 18.2. The number of hydrogen-bond donors (Lipinski definition) is 2. The minimum atomic E-state index is 0. The Morgan fingerprint density at radius 1 is 1.11 bits per heavy atom. The molecule has 0 bridgehead atoms. The number of amides is 1. The number of halogens is 2. The highest BCUT2D eigenvalue weighted by Gasteiger charge is 2.22. The number of pyridine rings is 1. The number of piperidine rings is 1. The van der Waals surface area contributed by atoms with Crippen LogP contribution in [-0.2, 0) is 4.79 Å². The number of nitrogens with one attached hydrogen (secondary N) is 2. The van der Waals surface area contributed by atoms with Crippen LogP contribution >= 0.6 is 24.8 Å². The fraction of sp³-hybridized carbons (Fsp3) is 0.455. The van der Waals surface area contributed by atoms with Gasteiger partial charge in [0.05, 0.1) is 6.04 Å². The van der Waals surface area contributed by atoms with Gasteiger partial charge in [0.1, 0.15) is 0 Å². The van der Waals surface area contributed by atoms with Crippen molar-refractivity contribution in [3.8, 4) is 11.1 Å². The maximum Gasteiger partial charge on any atom is 0.220 e. The second-order valence-electron chi connectivity index (χ2n) is 7.42. The first-order valence-electron chi connectivity index (χ1n) is 9.64. The van der Waals surface area contributed by atoms with Gasteiger partial charge in [0.15, 0.2) is 0 Å². The number of carbonyl (C=O) groups is 1. The first kappa shape index (κ1) is 24.4. The van der Waals surface area contributed by atoms with Crippen LogP contribution in [0.3, 0.4) is 0 Å². The Labute approximate surface area is 180 Å². The summed E-state index contributed by atoms with van der Waals surface area (Å²) in [6, 6.07) is 12.4. The Hall–Kier alpha value is -1.62. The molecule has 0 aliphatic carbocycles. The molecule has 1 amide bonds. The van der Waals surface area contributed by atoms with Crippen LogP contribution in [0.4, 0.5) is 0 Å². The van der Waals surface area contributed by atoms with Gasteiger partial charge in [0.25, 0.3) is 0 Å². The van der Waals surface area contributed by atoms with Crippen LogP contribution < -0.4 is 10.6 Å². The lowest BCUT2D eigenvalue weighted by molar-refractivity contribution is -0.123. The molecule has 6 heteroatoms. The van der Waals surface area contributed by atoms with Crippen LogP contribution in [0, 0.1) is 11.8 Å². The van der Waals surface area contributed by atoms with Crippen LogP contribution in [0.5, 0.6) is 0 Å². The summed E-state index contributed by atoms with van der Waals surface area (Å²) in [7, 11) is 0. The quantitative estimate of drug-likeness (QED) is 0.701. The van der Waals surface area contributed by atoms with Gasteiger partial charge in [-0.05, 0) is 67.4 Å². The van der Waals surface area contributed by atoms with E-state index in [2.05, 4.69) is 52.9 Å². The van der Waals surface area contributed by atoms with Crippen molar-refractivity contribution in [2.24, 2.45) is 11.8 Å². The van der Waals surface area contributed by atoms with Gasteiger partial charge >= 0.3 is 0 Å². The molecule has 2 unspecified atom stereocenters. The van der Waals surface area contributed by atoms with Gasteiger partial charge in [-0.15, -0.1) is 24.8 Å². The minimum absolute atomic E-state index is 0. The molecule has 28 heavy (non-hydrogen) atoms. The van der Waals surface area contributed by atoms with E-state index in [0.717, 1.165) is 29.8 Å². The largest absolute Gasteiger partial charge is 0.350 e. The first-order valence-corrected chi connectivity index (χ1v) is 9.64. The van der Waals surface area contributed by atoms with Crippen molar-refractivity contribution in [2.45, 2.75) is 39.2 Å².